The Kier molecular flexibility index (Phi) is 11.7. The van der Waals surface area contributed by atoms with Crippen LogP contribution in [-0.2, 0) is 0 Å². The summed E-state index contributed by atoms with van der Waals surface area (Å²) in [5.74, 6) is 0. The summed E-state index contributed by atoms with van der Waals surface area (Å²) >= 11 is 1.98. The highest BCUT2D eigenvalue weighted by molar-refractivity contribution is 7.99. The summed E-state index contributed by atoms with van der Waals surface area (Å²) in [7, 11) is 0. The third-order valence-electron chi connectivity index (χ3n) is 3.11. The van der Waals surface area contributed by atoms with Crippen molar-refractivity contribution in [2.75, 3.05) is 6.26 Å². The second kappa shape index (κ2) is 10.5. The van der Waals surface area contributed by atoms with Crippen LogP contribution in [0, 0.1) is 10.8 Å². The minimum Gasteiger partial charge on any atom is -0.157 e. The van der Waals surface area contributed by atoms with E-state index in [1.165, 1.54) is 12.0 Å². The van der Waals surface area contributed by atoms with Crippen LogP contribution in [0.5, 0.6) is 0 Å². The largest absolute Gasteiger partial charge is 0.157 e. The van der Waals surface area contributed by atoms with E-state index in [1.807, 2.05) is 25.6 Å². The van der Waals surface area contributed by atoms with E-state index in [-0.39, 0.29) is 0 Å². The van der Waals surface area contributed by atoms with Gasteiger partial charge in [-0.2, -0.15) is 11.8 Å². The standard InChI is InChI=1S/C17H32S.C2H6/c1-9-11-12-14(10-2)15(18-8)17(6,7)13-16(3,4)5;1-2/h10-12,15H,9,13H2,1-8H3;1-2H3/b12-11-,14-10+;. The lowest BCUT2D eigenvalue weighted by Crippen LogP contribution is -2.32. The van der Waals surface area contributed by atoms with Crippen LogP contribution in [0.1, 0.15) is 75.2 Å². The quantitative estimate of drug-likeness (QED) is 0.470. The predicted octanol–water partition coefficient (Wildman–Crippen LogP) is 7.12. The van der Waals surface area contributed by atoms with Gasteiger partial charge in [0, 0.05) is 5.25 Å². The van der Waals surface area contributed by atoms with Crippen molar-refractivity contribution < 1.29 is 0 Å². The molecule has 0 nitrogen and oxygen atoms in total. The molecule has 0 N–H and O–H groups in total. The maximum atomic E-state index is 2.41. The number of rotatable bonds is 6. The Morgan fingerprint density at radius 1 is 1.10 bits per heavy atom. The van der Waals surface area contributed by atoms with E-state index in [2.05, 4.69) is 72.9 Å². The maximum absolute atomic E-state index is 2.41. The zero-order chi connectivity index (χ0) is 16.4. The fourth-order valence-electron chi connectivity index (χ4n) is 2.95. The molecule has 0 radical (unpaired) electrons. The second-order valence-corrected chi connectivity index (χ2v) is 7.88. The molecule has 1 heteroatoms. The van der Waals surface area contributed by atoms with Gasteiger partial charge in [-0.05, 0) is 42.4 Å². The van der Waals surface area contributed by atoms with E-state index in [1.54, 1.807) is 0 Å². The summed E-state index contributed by atoms with van der Waals surface area (Å²) < 4.78 is 0. The van der Waals surface area contributed by atoms with Crippen LogP contribution >= 0.6 is 11.8 Å². The molecule has 0 saturated heterocycles. The first-order valence-electron chi connectivity index (χ1n) is 8.03. The molecule has 0 aliphatic heterocycles. The normalized spacial score (nSPS) is 15.0. The van der Waals surface area contributed by atoms with Crippen molar-refractivity contribution in [1.82, 2.24) is 0 Å². The van der Waals surface area contributed by atoms with Crippen molar-refractivity contribution in [3.8, 4) is 0 Å². The van der Waals surface area contributed by atoms with Gasteiger partial charge < -0.3 is 0 Å². The van der Waals surface area contributed by atoms with Crippen LogP contribution < -0.4 is 0 Å². The fraction of sp³-hybridized carbons (Fsp3) is 0.789. The molecule has 0 fully saturated rings. The third kappa shape index (κ3) is 8.89. The molecule has 0 amide bonds. The highest BCUT2D eigenvalue weighted by Crippen LogP contribution is 2.43. The Bertz CT molecular complexity index is 289. The molecule has 0 aromatic carbocycles. The molecule has 20 heavy (non-hydrogen) atoms. The molecule has 0 spiro atoms. The van der Waals surface area contributed by atoms with Gasteiger partial charge in [0.05, 0.1) is 0 Å². The average Bonchev–Trinajstić information content (AvgIpc) is 2.33. The summed E-state index contributed by atoms with van der Waals surface area (Å²) in [5.41, 5.74) is 2.17. The van der Waals surface area contributed by atoms with Gasteiger partial charge in [0.1, 0.15) is 0 Å². The lowest BCUT2D eigenvalue weighted by atomic mass is 9.72. The summed E-state index contributed by atoms with van der Waals surface area (Å²) in [6, 6.07) is 0. The van der Waals surface area contributed by atoms with Gasteiger partial charge in [-0.3, -0.25) is 0 Å². The highest BCUT2D eigenvalue weighted by atomic mass is 32.2. The summed E-state index contributed by atoms with van der Waals surface area (Å²) in [5, 5.41) is 0.574. The van der Waals surface area contributed by atoms with Gasteiger partial charge in [0.25, 0.3) is 0 Å². The van der Waals surface area contributed by atoms with Crippen LogP contribution in [0.25, 0.3) is 0 Å². The second-order valence-electron chi connectivity index (χ2n) is 6.94. The van der Waals surface area contributed by atoms with Crippen LogP contribution in [0.2, 0.25) is 0 Å². The van der Waals surface area contributed by atoms with Crippen molar-refractivity contribution in [2.24, 2.45) is 10.8 Å². The van der Waals surface area contributed by atoms with Gasteiger partial charge >= 0.3 is 0 Å². The van der Waals surface area contributed by atoms with Gasteiger partial charge in [0.15, 0.2) is 0 Å². The molecule has 0 aromatic rings. The first-order chi connectivity index (χ1) is 9.18. The van der Waals surface area contributed by atoms with Crippen LogP contribution in [0.3, 0.4) is 0 Å². The number of hydrogen-bond acceptors (Lipinski definition) is 1. The highest BCUT2D eigenvalue weighted by Gasteiger charge is 2.34. The topological polar surface area (TPSA) is 0 Å². The van der Waals surface area contributed by atoms with Gasteiger partial charge in [0.2, 0.25) is 0 Å². The minimum atomic E-state index is 0.317. The SMILES string of the molecule is C/C=C(\C=C/CC)C(SC)C(C)(C)CC(C)(C)C.CC. The lowest BCUT2D eigenvalue weighted by molar-refractivity contribution is 0.218. The average molecular weight is 299 g/mol. The van der Waals surface area contributed by atoms with Gasteiger partial charge in [-0.25, -0.2) is 0 Å². The molecule has 0 rings (SSSR count). The Labute approximate surface area is 133 Å². The molecular weight excluding hydrogens is 260 g/mol. The van der Waals surface area contributed by atoms with Crippen molar-refractivity contribution >= 4 is 11.8 Å². The Morgan fingerprint density at radius 3 is 1.90 bits per heavy atom. The van der Waals surface area contributed by atoms with Crippen LogP contribution in [0.4, 0.5) is 0 Å². The summed E-state index contributed by atoms with van der Waals surface area (Å²) in [6.45, 7) is 20.2. The molecule has 1 atom stereocenters. The molecule has 0 bridgehead atoms. The smallest absolute Gasteiger partial charge is 0.0342 e. The minimum absolute atomic E-state index is 0.317. The molecule has 0 saturated carbocycles. The number of thioether (sulfide) groups is 1. The molecular formula is C19H38S. The molecule has 0 aliphatic rings. The molecule has 120 valence electrons. The Morgan fingerprint density at radius 2 is 1.60 bits per heavy atom. The summed E-state index contributed by atoms with van der Waals surface area (Å²) in [6.07, 6.45) is 11.4. The predicted molar refractivity (Wildman–Crippen MR) is 99.7 cm³/mol. The van der Waals surface area contributed by atoms with Crippen LogP contribution in [0.15, 0.2) is 23.8 Å². The fourth-order valence-corrected chi connectivity index (χ4v) is 4.16. The van der Waals surface area contributed by atoms with E-state index in [4.69, 9.17) is 0 Å². The zero-order valence-electron chi connectivity index (χ0n) is 15.6. The van der Waals surface area contributed by atoms with E-state index in [0.29, 0.717) is 16.1 Å². The van der Waals surface area contributed by atoms with Gasteiger partial charge in [-0.1, -0.05) is 73.6 Å². The van der Waals surface area contributed by atoms with Gasteiger partial charge in [-0.15, -0.1) is 0 Å². The van der Waals surface area contributed by atoms with Crippen molar-refractivity contribution in [3.05, 3.63) is 23.8 Å². The third-order valence-corrected chi connectivity index (χ3v) is 4.50. The van der Waals surface area contributed by atoms with E-state index in [9.17, 15) is 0 Å². The maximum Gasteiger partial charge on any atom is 0.0342 e. The monoisotopic (exact) mass is 298 g/mol. The Hall–Kier alpha value is -0.170. The lowest BCUT2D eigenvalue weighted by Gasteiger charge is -2.39. The van der Waals surface area contributed by atoms with Crippen LogP contribution in [-0.4, -0.2) is 11.5 Å². The van der Waals surface area contributed by atoms with E-state index < -0.39 is 0 Å². The number of hydrogen-bond donors (Lipinski definition) is 0. The first-order valence-corrected chi connectivity index (χ1v) is 9.32. The first kappa shape index (κ1) is 22.1. The molecule has 0 aliphatic carbocycles. The van der Waals surface area contributed by atoms with E-state index >= 15 is 0 Å². The van der Waals surface area contributed by atoms with Crippen molar-refractivity contribution in [1.29, 1.82) is 0 Å². The molecule has 0 aromatic heterocycles. The van der Waals surface area contributed by atoms with Crippen molar-refractivity contribution in [3.63, 3.8) is 0 Å². The zero-order valence-corrected chi connectivity index (χ0v) is 16.4. The molecule has 0 heterocycles. The molecule has 1 unspecified atom stereocenters. The van der Waals surface area contributed by atoms with Crippen molar-refractivity contribution in [2.45, 2.75) is 80.4 Å². The summed E-state index contributed by atoms with van der Waals surface area (Å²) in [4.78, 5) is 0. The number of allylic oxidation sites excluding steroid dienone is 3. The van der Waals surface area contributed by atoms with E-state index in [0.717, 1.165) is 6.42 Å². The Balaban J connectivity index is 0.